The third-order valence-corrected chi connectivity index (χ3v) is 5.05. The first-order chi connectivity index (χ1) is 12.8. The van der Waals surface area contributed by atoms with Crippen molar-refractivity contribution in [3.8, 4) is 29.4 Å². The van der Waals surface area contributed by atoms with Gasteiger partial charge in [0.25, 0.3) is 0 Å². The fourth-order valence-electron chi connectivity index (χ4n) is 3.27. The predicted molar refractivity (Wildman–Crippen MR) is 111 cm³/mol. The molecule has 1 saturated carbocycles. The third kappa shape index (κ3) is 7.84. The first-order valence-electron chi connectivity index (χ1n) is 10.2. The Morgan fingerprint density at radius 3 is 2.38 bits per heavy atom. The molecule has 0 unspecified atom stereocenters. The zero-order chi connectivity index (χ0) is 18.5. The Kier molecular flexibility index (Phi) is 9.53. The molecule has 138 valence electrons. The number of ether oxygens (including phenoxy) is 1. The Hall–Kier alpha value is -2.12. The summed E-state index contributed by atoms with van der Waals surface area (Å²) in [5.41, 5.74) is 1.00. The van der Waals surface area contributed by atoms with Gasteiger partial charge in [0, 0.05) is 11.5 Å². The van der Waals surface area contributed by atoms with Gasteiger partial charge in [0.05, 0.1) is 6.61 Å². The summed E-state index contributed by atoms with van der Waals surface area (Å²) in [6, 6.07) is 8.00. The minimum Gasteiger partial charge on any atom is -0.494 e. The van der Waals surface area contributed by atoms with Gasteiger partial charge < -0.3 is 4.74 Å². The van der Waals surface area contributed by atoms with Crippen LogP contribution < -0.4 is 4.74 Å². The maximum atomic E-state index is 5.71. The Morgan fingerprint density at radius 2 is 1.69 bits per heavy atom. The fraction of sp³-hybridized carbons (Fsp3) is 0.520. The van der Waals surface area contributed by atoms with Gasteiger partial charge in [0.1, 0.15) is 5.75 Å². The van der Waals surface area contributed by atoms with Gasteiger partial charge >= 0.3 is 0 Å². The van der Waals surface area contributed by atoms with E-state index in [2.05, 4.69) is 37.5 Å². The number of hydrogen-bond acceptors (Lipinski definition) is 1. The van der Waals surface area contributed by atoms with E-state index in [1.165, 1.54) is 44.9 Å². The molecule has 1 heteroatoms. The van der Waals surface area contributed by atoms with Crippen molar-refractivity contribution < 1.29 is 4.74 Å². The molecule has 1 aromatic carbocycles. The second-order valence-corrected chi connectivity index (χ2v) is 7.10. The highest BCUT2D eigenvalue weighted by Crippen LogP contribution is 2.29. The van der Waals surface area contributed by atoms with Crippen molar-refractivity contribution in [1.82, 2.24) is 0 Å². The van der Waals surface area contributed by atoms with E-state index in [4.69, 9.17) is 4.74 Å². The lowest BCUT2D eigenvalue weighted by Gasteiger charge is -2.24. The summed E-state index contributed by atoms with van der Waals surface area (Å²) in [5.74, 6) is 15.2. The maximum Gasteiger partial charge on any atom is 0.119 e. The zero-order valence-corrected chi connectivity index (χ0v) is 16.4. The quantitative estimate of drug-likeness (QED) is 0.428. The number of hydrogen-bond donors (Lipinski definition) is 0. The molecule has 0 saturated heterocycles. The standard InChI is InChI=1S/C25H32O/c1-3-5-10-21-26-25-19-17-24(18-20-25)12-9-7-6-8-11-23-15-13-22(4-2)14-16-23/h6-7,17-20,22-23H,3-5,10,13-16,21H2,1-2H3. The van der Waals surface area contributed by atoms with Crippen LogP contribution in [0.15, 0.2) is 36.4 Å². The summed E-state index contributed by atoms with van der Waals surface area (Å²) in [5, 5.41) is 0. The van der Waals surface area contributed by atoms with E-state index in [1.54, 1.807) is 0 Å². The average Bonchev–Trinajstić information content (AvgIpc) is 2.69. The molecule has 1 aromatic rings. The Morgan fingerprint density at radius 1 is 0.962 bits per heavy atom. The smallest absolute Gasteiger partial charge is 0.119 e. The SMILES string of the molecule is CCCCCOc1ccc(C#CC=CC#CC2CCC(CC)CC2)cc1. The average molecular weight is 349 g/mol. The van der Waals surface area contributed by atoms with Crippen molar-refractivity contribution in [3.63, 3.8) is 0 Å². The van der Waals surface area contributed by atoms with Gasteiger partial charge in [-0.25, -0.2) is 0 Å². The molecule has 0 spiro atoms. The van der Waals surface area contributed by atoms with Crippen molar-refractivity contribution in [2.75, 3.05) is 6.61 Å². The second-order valence-electron chi connectivity index (χ2n) is 7.10. The van der Waals surface area contributed by atoms with Crippen LogP contribution in [0.1, 0.15) is 70.8 Å². The van der Waals surface area contributed by atoms with E-state index in [9.17, 15) is 0 Å². The summed E-state index contributed by atoms with van der Waals surface area (Å²) < 4.78 is 5.71. The molecule has 2 rings (SSSR count). The van der Waals surface area contributed by atoms with Crippen molar-refractivity contribution in [1.29, 1.82) is 0 Å². The van der Waals surface area contributed by atoms with Crippen LogP contribution in [-0.2, 0) is 0 Å². The van der Waals surface area contributed by atoms with E-state index in [0.717, 1.165) is 30.3 Å². The molecule has 1 aliphatic carbocycles. The van der Waals surface area contributed by atoms with Crippen LogP contribution in [0.5, 0.6) is 5.75 Å². The molecule has 0 bridgehead atoms. The molecule has 0 aliphatic heterocycles. The number of benzene rings is 1. The molecule has 0 atom stereocenters. The largest absolute Gasteiger partial charge is 0.494 e. The number of unbranched alkanes of at least 4 members (excludes halogenated alkanes) is 2. The number of allylic oxidation sites excluding steroid dienone is 2. The fourth-order valence-corrected chi connectivity index (χ4v) is 3.27. The van der Waals surface area contributed by atoms with Crippen LogP contribution in [0.2, 0.25) is 0 Å². The van der Waals surface area contributed by atoms with E-state index in [1.807, 2.05) is 36.4 Å². The van der Waals surface area contributed by atoms with Crippen LogP contribution in [0.4, 0.5) is 0 Å². The van der Waals surface area contributed by atoms with E-state index in [-0.39, 0.29) is 0 Å². The highest BCUT2D eigenvalue weighted by atomic mass is 16.5. The summed E-state index contributed by atoms with van der Waals surface area (Å²) in [7, 11) is 0. The second kappa shape index (κ2) is 12.3. The highest BCUT2D eigenvalue weighted by Gasteiger charge is 2.17. The van der Waals surface area contributed by atoms with E-state index in [0.29, 0.717) is 5.92 Å². The Balaban J connectivity index is 1.72. The minimum atomic E-state index is 0.584. The molecule has 1 fully saturated rings. The Bertz CT molecular complexity index is 652. The van der Waals surface area contributed by atoms with Crippen molar-refractivity contribution in [3.05, 3.63) is 42.0 Å². The molecule has 1 nitrogen and oxygen atoms in total. The highest BCUT2D eigenvalue weighted by molar-refractivity contribution is 5.40. The lowest BCUT2D eigenvalue weighted by Crippen LogP contribution is -2.12. The molecular weight excluding hydrogens is 316 g/mol. The van der Waals surface area contributed by atoms with Gasteiger partial charge in [-0.2, -0.15) is 0 Å². The van der Waals surface area contributed by atoms with Crippen molar-refractivity contribution >= 4 is 0 Å². The van der Waals surface area contributed by atoms with Crippen LogP contribution >= 0.6 is 0 Å². The maximum absolute atomic E-state index is 5.71. The van der Waals surface area contributed by atoms with Gasteiger partial charge in [-0.15, -0.1) is 0 Å². The predicted octanol–water partition coefficient (Wildman–Crippen LogP) is 6.38. The van der Waals surface area contributed by atoms with Crippen LogP contribution in [0, 0.1) is 35.5 Å². The minimum absolute atomic E-state index is 0.584. The van der Waals surface area contributed by atoms with Gasteiger partial charge in [0.15, 0.2) is 0 Å². The molecule has 0 aromatic heterocycles. The summed E-state index contributed by atoms with van der Waals surface area (Å²) in [6.45, 7) is 5.29. The summed E-state index contributed by atoms with van der Waals surface area (Å²) in [4.78, 5) is 0. The summed E-state index contributed by atoms with van der Waals surface area (Å²) in [6.07, 6.45) is 13.8. The topological polar surface area (TPSA) is 9.23 Å². The van der Waals surface area contributed by atoms with Crippen LogP contribution in [0.3, 0.4) is 0 Å². The first-order valence-corrected chi connectivity index (χ1v) is 10.2. The lowest BCUT2D eigenvalue weighted by atomic mass is 9.81. The first kappa shape index (κ1) is 20.2. The molecule has 0 heterocycles. The van der Waals surface area contributed by atoms with E-state index < -0.39 is 0 Å². The molecule has 26 heavy (non-hydrogen) atoms. The molecule has 0 N–H and O–H groups in total. The molecule has 1 aliphatic rings. The normalized spacial score (nSPS) is 19.3. The van der Waals surface area contributed by atoms with Gasteiger partial charge in [-0.05, 0) is 74.4 Å². The third-order valence-electron chi connectivity index (χ3n) is 5.05. The van der Waals surface area contributed by atoms with Crippen LogP contribution in [0.25, 0.3) is 0 Å². The molecule has 0 amide bonds. The van der Waals surface area contributed by atoms with Gasteiger partial charge in [0.2, 0.25) is 0 Å². The van der Waals surface area contributed by atoms with Crippen molar-refractivity contribution in [2.45, 2.75) is 65.2 Å². The monoisotopic (exact) mass is 348 g/mol. The summed E-state index contributed by atoms with van der Waals surface area (Å²) >= 11 is 0. The Labute approximate surface area is 160 Å². The van der Waals surface area contributed by atoms with E-state index >= 15 is 0 Å². The lowest BCUT2D eigenvalue weighted by molar-refractivity contribution is 0.306. The van der Waals surface area contributed by atoms with Crippen LogP contribution in [-0.4, -0.2) is 6.61 Å². The molecular formula is C25H32O. The van der Waals surface area contributed by atoms with Gasteiger partial charge in [-0.1, -0.05) is 56.8 Å². The van der Waals surface area contributed by atoms with Gasteiger partial charge in [-0.3, -0.25) is 0 Å². The number of rotatable bonds is 6. The zero-order valence-electron chi connectivity index (χ0n) is 16.4. The molecule has 0 radical (unpaired) electrons. The van der Waals surface area contributed by atoms with Crippen molar-refractivity contribution in [2.24, 2.45) is 11.8 Å².